The zero-order valence-electron chi connectivity index (χ0n) is 16.9. The smallest absolute Gasteiger partial charge is 0.399 e. The first kappa shape index (κ1) is 10.7. The molecule has 1 saturated heterocycles. The molecule has 3 rings (SSSR count). The molecular formula is C16H21BF2O2. The van der Waals surface area contributed by atoms with Crippen molar-refractivity contribution in [3.8, 4) is 0 Å². The Morgan fingerprint density at radius 2 is 1.62 bits per heavy atom. The lowest BCUT2D eigenvalue weighted by atomic mass is 9.77. The zero-order valence-corrected chi connectivity index (χ0v) is 12.9. The maximum Gasteiger partial charge on any atom is 0.494 e. The predicted molar refractivity (Wildman–Crippen MR) is 79.1 cm³/mol. The molecular weight excluding hydrogens is 273 g/mol. The molecule has 1 unspecified atom stereocenters. The van der Waals surface area contributed by atoms with Gasteiger partial charge < -0.3 is 9.31 Å². The summed E-state index contributed by atoms with van der Waals surface area (Å²) in [6, 6.07) is -1.72. The standard InChI is InChI=1S/C16H21BF2O2/c1-13(2)14(3,4)21-17(20-13)12-8-6-7-11(9-12)15(5)10-16(15,18)19/h6-9H,10H2,1-5H3/i6D,7D,8D,9D. The van der Waals surface area contributed by atoms with Crippen molar-refractivity contribution in [1.82, 2.24) is 0 Å². The van der Waals surface area contributed by atoms with Gasteiger partial charge in [0.25, 0.3) is 5.92 Å². The van der Waals surface area contributed by atoms with Gasteiger partial charge in [0.05, 0.1) is 22.1 Å². The van der Waals surface area contributed by atoms with E-state index in [9.17, 15) is 8.78 Å². The number of hydrogen-bond acceptors (Lipinski definition) is 2. The van der Waals surface area contributed by atoms with Crippen LogP contribution in [0.5, 0.6) is 0 Å². The van der Waals surface area contributed by atoms with Crippen LogP contribution >= 0.6 is 0 Å². The van der Waals surface area contributed by atoms with Gasteiger partial charge in [-0.3, -0.25) is 0 Å². The quantitative estimate of drug-likeness (QED) is 0.780. The lowest BCUT2D eigenvalue weighted by molar-refractivity contribution is 0.00578. The van der Waals surface area contributed by atoms with Crippen LogP contribution in [-0.4, -0.2) is 24.2 Å². The fourth-order valence-electron chi connectivity index (χ4n) is 2.38. The molecule has 1 aliphatic heterocycles. The molecule has 2 fully saturated rings. The summed E-state index contributed by atoms with van der Waals surface area (Å²) in [7, 11) is -1.11. The third kappa shape index (κ3) is 2.13. The highest BCUT2D eigenvalue weighted by Crippen LogP contribution is 2.61. The average molecular weight is 298 g/mol. The van der Waals surface area contributed by atoms with E-state index in [4.69, 9.17) is 14.8 Å². The van der Waals surface area contributed by atoms with Crippen LogP contribution in [0.1, 0.15) is 52.1 Å². The van der Waals surface area contributed by atoms with E-state index in [2.05, 4.69) is 0 Å². The number of alkyl halides is 2. The van der Waals surface area contributed by atoms with E-state index in [1.165, 1.54) is 6.92 Å². The van der Waals surface area contributed by atoms with Crippen LogP contribution in [0, 0.1) is 0 Å². The van der Waals surface area contributed by atoms with Gasteiger partial charge in [-0.25, -0.2) is 8.78 Å². The van der Waals surface area contributed by atoms with E-state index in [0.29, 0.717) is 0 Å². The first-order valence-corrected chi connectivity index (χ1v) is 7.00. The maximum absolute atomic E-state index is 13.9. The molecule has 1 aromatic rings. The Hall–Kier alpha value is -0.935. The summed E-state index contributed by atoms with van der Waals surface area (Å²) in [6.45, 7) is 8.50. The van der Waals surface area contributed by atoms with Crippen LogP contribution in [0.15, 0.2) is 24.2 Å². The van der Waals surface area contributed by atoms with Crippen LogP contribution in [0.3, 0.4) is 0 Å². The maximum atomic E-state index is 13.9. The minimum atomic E-state index is -3.03. The molecule has 1 saturated carbocycles. The molecule has 0 radical (unpaired) electrons. The monoisotopic (exact) mass is 298 g/mol. The molecule has 0 amide bonds. The molecule has 0 N–H and O–H groups in total. The Morgan fingerprint density at radius 1 is 1.10 bits per heavy atom. The number of benzene rings is 1. The number of halogens is 2. The number of hydrogen-bond donors (Lipinski definition) is 0. The first-order chi connectivity index (χ1) is 11.2. The van der Waals surface area contributed by atoms with Crippen LogP contribution in [0.25, 0.3) is 0 Å². The topological polar surface area (TPSA) is 18.5 Å². The summed E-state index contributed by atoms with van der Waals surface area (Å²) < 4.78 is 72.0. The van der Waals surface area contributed by atoms with Crippen molar-refractivity contribution in [3.05, 3.63) is 29.7 Å². The Labute approximate surface area is 130 Å². The van der Waals surface area contributed by atoms with Crippen molar-refractivity contribution in [2.24, 2.45) is 0 Å². The fourth-order valence-corrected chi connectivity index (χ4v) is 2.38. The van der Waals surface area contributed by atoms with Crippen molar-refractivity contribution in [2.75, 3.05) is 0 Å². The molecule has 21 heavy (non-hydrogen) atoms. The Bertz CT molecular complexity index is 753. The third-order valence-electron chi connectivity index (χ3n) is 4.94. The van der Waals surface area contributed by atoms with Crippen LogP contribution in [0.4, 0.5) is 8.78 Å². The van der Waals surface area contributed by atoms with Crippen LogP contribution in [-0.2, 0) is 14.7 Å². The van der Waals surface area contributed by atoms with Gasteiger partial charge in [-0.05, 0) is 45.6 Å². The largest absolute Gasteiger partial charge is 0.494 e. The molecule has 114 valence electrons. The third-order valence-corrected chi connectivity index (χ3v) is 4.94. The normalized spacial score (nSPS) is 34.9. The van der Waals surface area contributed by atoms with Gasteiger partial charge in [0.1, 0.15) is 0 Å². The summed E-state index contributed by atoms with van der Waals surface area (Å²) in [5, 5.41) is 0. The van der Waals surface area contributed by atoms with Gasteiger partial charge in [-0.1, -0.05) is 24.2 Å². The molecule has 1 heterocycles. The van der Waals surface area contributed by atoms with Gasteiger partial charge in [0, 0.05) is 6.42 Å². The summed E-state index contributed by atoms with van der Waals surface area (Å²) >= 11 is 0. The molecule has 0 aromatic heterocycles. The Kier molecular flexibility index (Phi) is 2.08. The second-order valence-electron chi connectivity index (χ2n) is 7.09. The van der Waals surface area contributed by atoms with Crippen LogP contribution in [0.2, 0.25) is 0 Å². The van der Waals surface area contributed by atoms with E-state index in [0.717, 1.165) is 0 Å². The number of rotatable bonds is 2. The minimum Gasteiger partial charge on any atom is -0.399 e. The average Bonchev–Trinajstić information content (AvgIpc) is 2.84. The van der Waals surface area contributed by atoms with E-state index in [1.807, 2.05) is 0 Å². The van der Waals surface area contributed by atoms with E-state index in [1.54, 1.807) is 27.7 Å². The Morgan fingerprint density at radius 3 is 2.10 bits per heavy atom. The molecule has 0 bridgehead atoms. The van der Waals surface area contributed by atoms with Gasteiger partial charge in [-0.15, -0.1) is 0 Å². The van der Waals surface area contributed by atoms with Gasteiger partial charge in [-0.2, -0.15) is 0 Å². The highest BCUT2D eigenvalue weighted by Gasteiger charge is 2.68. The summed E-state index contributed by atoms with van der Waals surface area (Å²) in [6.07, 6.45) is -0.475. The zero-order chi connectivity index (χ0) is 19.2. The van der Waals surface area contributed by atoms with Crippen molar-refractivity contribution in [1.29, 1.82) is 0 Å². The van der Waals surface area contributed by atoms with E-state index < -0.39 is 48.2 Å². The summed E-state index contributed by atoms with van der Waals surface area (Å²) in [5.74, 6) is -3.03. The molecule has 2 nitrogen and oxygen atoms in total. The molecule has 1 aliphatic carbocycles. The van der Waals surface area contributed by atoms with Gasteiger partial charge >= 0.3 is 7.12 Å². The molecule has 5 heteroatoms. The SMILES string of the molecule is [2H]c1c([2H])c(B2OC(C)(C)C(C)(C)O2)c([2H])c(C2(C)CC2(F)F)c1[2H]. The lowest BCUT2D eigenvalue weighted by Crippen LogP contribution is -2.41. The van der Waals surface area contributed by atoms with Crippen molar-refractivity contribution in [3.63, 3.8) is 0 Å². The van der Waals surface area contributed by atoms with Gasteiger partial charge in [0.15, 0.2) is 0 Å². The molecule has 1 aromatic carbocycles. The highest BCUT2D eigenvalue weighted by molar-refractivity contribution is 6.62. The lowest BCUT2D eigenvalue weighted by Gasteiger charge is -2.32. The molecule has 0 spiro atoms. The fraction of sp³-hybridized carbons (Fsp3) is 0.625. The van der Waals surface area contributed by atoms with E-state index >= 15 is 0 Å². The van der Waals surface area contributed by atoms with E-state index in [-0.39, 0.29) is 23.1 Å². The first-order valence-electron chi connectivity index (χ1n) is 9.00. The highest BCUT2D eigenvalue weighted by atomic mass is 19.3. The predicted octanol–water partition coefficient (Wildman–Crippen LogP) is 3.28. The van der Waals surface area contributed by atoms with Gasteiger partial charge in [0.2, 0.25) is 0 Å². The molecule has 1 atom stereocenters. The second-order valence-corrected chi connectivity index (χ2v) is 7.09. The summed E-state index contributed by atoms with van der Waals surface area (Å²) in [5.41, 5.74) is -3.39. The molecule has 2 aliphatic rings. The minimum absolute atomic E-state index is 0.0569. The van der Waals surface area contributed by atoms with Crippen molar-refractivity contribution >= 4 is 12.6 Å². The summed E-state index contributed by atoms with van der Waals surface area (Å²) in [4.78, 5) is 0. The second kappa shape index (κ2) is 4.08. The van der Waals surface area contributed by atoms with Crippen molar-refractivity contribution in [2.45, 2.75) is 63.6 Å². The van der Waals surface area contributed by atoms with Crippen molar-refractivity contribution < 1.29 is 23.6 Å². The van der Waals surface area contributed by atoms with Crippen LogP contribution < -0.4 is 5.46 Å². The Balaban J connectivity index is 2.19.